The van der Waals surface area contributed by atoms with Crippen LogP contribution >= 0.6 is 0 Å². The van der Waals surface area contributed by atoms with E-state index in [1.54, 1.807) is 19.2 Å². The van der Waals surface area contributed by atoms with Gasteiger partial charge in [0.15, 0.2) is 0 Å². The van der Waals surface area contributed by atoms with Crippen LogP contribution in [-0.2, 0) is 17.6 Å². The molecule has 0 amide bonds. The van der Waals surface area contributed by atoms with Crippen LogP contribution in [0.3, 0.4) is 0 Å². The molecule has 0 aromatic heterocycles. The Kier molecular flexibility index (Phi) is 6.88. The summed E-state index contributed by atoms with van der Waals surface area (Å²) in [6.45, 7) is -0.492. The first-order valence-corrected chi connectivity index (χ1v) is 9.21. The van der Waals surface area contributed by atoms with Gasteiger partial charge >= 0.3 is 0 Å². The van der Waals surface area contributed by atoms with Crippen LogP contribution in [-0.4, -0.2) is 64.8 Å². The number of aliphatic hydroxyl groups is 4. The quantitative estimate of drug-likeness (QED) is 0.550. The maximum atomic E-state index is 10.0. The van der Waals surface area contributed by atoms with Gasteiger partial charge in [-0.1, -0.05) is 24.3 Å². The van der Waals surface area contributed by atoms with Crippen molar-refractivity contribution in [1.29, 1.82) is 0 Å². The second-order valence-corrected chi connectivity index (χ2v) is 6.81. The van der Waals surface area contributed by atoms with E-state index in [-0.39, 0.29) is 0 Å². The topological polar surface area (TPSA) is 109 Å². The minimum Gasteiger partial charge on any atom is -0.497 e. The Labute approximate surface area is 163 Å². The molecular formula is C21H26O7. The first-order valence-electron chi connectivity index (χ1n) is 9.21. The molecule has 0 bridgehead atoms. The van der Waals surface area contributed by atoms with Gasteiger partial charge in [-0.05, 0) is 48.2 Å². The van der Waals surface area contributed by atoms with Gasteiger partial charge < -0.3 is 34.6 Å². The van der Waals surface area contributed by atoms with Gasteiger partial charge in [0.2, 0.25) is 6.29 Å². The van der Waals surface area contributed by atoms with E-state index in [0.717, 1.165) is 24.2 Å². The van der Waals surface area contributed by atoms with Crippen LogP contribution in [0.25, 0.3) is 0 Å². The fourth-order valence-electron chi connectivity index (χ4n) is 3.15. The van der Waals surface area contributed by atoms with Crippen molar-refractivity contribution in [1.82, 2.24) is 0 Å². The standard InChI is InChI=1S/C21H26O7/c1-26-16-4-2-3-14(11-16)6-5-13-7-9-15(10-8-13)27-21-20(25)19(24)18(23)17(12-22)28-21/h2-4,7-11,17-25H,5-6,12H2,1H3/t17-,18-,19+,20-,21-/m1/s1. The molecule has 152 valence electrons. The summed E-state index contributed by atoms with van der Waals surface area (Å²) in [5.74, 6) is 1.29. The number of aliphatic hydroxyl groups excluding tert-OH is 4. The lowest BCUT2D eigenvalue weighted by Crippen LogP contribution is -2.60. The van der Waals surface area contributed by atoms with Gasteiger partial charge in [-0.3, -0.25) is 0 Å². The number of aryl methyl sites for hydroxylation is 2. The third-order valence-corrected chi connectivity index (χ3v) is 4.86. The first-order chi connectivity index (χ1) is 13.5. The number of hydrogen-bond donors (Lipinski definition) is 4. The van der Waals surface area contributed by atoms with E-state index in [0.29, 0.717) is 5.75 Å². The average molecular weight is 390 g/mol. The van der Waals surface area contributed by atoms with E-state index in [9.17, 15) is 20.4 Å². The Balaban J connectivity index is 1.58. The van der Waals surface area contributed by atoms with E-state index in [1.165, 1.54) is 5.56 Å². The second kappa shape index (κ2) is 9.36. The minimum atomic E-state index is -1.46. The summed E-state index contributed by atoms with van der Waals surface area (Å²) in [4.78, 5) is 0. The molecule has 1 fully saturated rings. The molecule has 1 aliphatic heterocycles. The highest BCUT2D eigenvalue weighted by Crippen LogP contribution is 2.25. The summed E-state index contributed by atoms with van der Waals surface area (Å²) in [5.41, 5.74) is 2.30. The molecule has 2 aromatic rings. The normalized spacial score (nSPS) is 27.4. The largest absolute Gasteiger partial charge is 0.497 e. The van der Waals surface area contributed by atoms with Crippen molar-refractivity contribution in [2.75, 3.05) is 13.7 Å². The lowest BCUT2D eigenvalue weighted by Gasteiger charge is -2.39. The summed E-state index contributed by atoms with van der Waals surface area (Å²) >= 11 is 0. The molecule has 0 saturated carbocycles. The molecule has 2 aromatic carbocycles. The lowest BCUT2D eigenvalue weighted by atomic mass is 9.99. The number of methoxy groups -OCH3 is 1. The highest BCUT2D eigenvalue weighted by molar-refractivity contribution is 5.31. The molecule has 1 heterocycles. The summed E-state index contributed by atoms with van der Waals surface area (Å²) < 4.78 is 16.2. The van der Waals surface area contributed by atoms with E-state index in [1.807, 2.05) is 30.3 Å². The van der Waals surface area contributed by atoms with Crippen LogP contribution in [0.1, 0.15) is 11.1 Å². The maximum absolute atomic E-state index is 10.0. The van der Waals surface area contributed by atoms with Crippen LogP contribution < -0.4 is 9.47 Å². The Hall–Kier alpha value is -2.16. The van der Waals surface area contributed by atoms with Crippen LogP contribution in [0.5, 0.6) is 11.5 Å². The smallest absolute Gasteiger partial charge is 0.229 e. The monoisotopic (exact) mass is 390 g/mol. The Bertz CT molecular complexity index is 747. The predicted octanol–water partition coefficient (Wildman–Crippen LogP) is 0.659. The number of hydrogen-bond acceptors (Lipinski definition) is 7. The summed E-state index contributed by atoms with van der Waals surface area (Å²) in [7, 11) is 1.65. The van der Waals surface area contributed by atoms with Crippen LogP contribution in [0.15, 0.2) is 48.5 Å². The van der Waals surface area contributed by atoms with Gasteiger partial charge in [0.1, 0.15) is 35.9 Å². The van der Waals surface area contributed by atoms with Crippen molar-refractivity contribution in [3.63, 3.8) is 0 Å². The molecule has 0 spiro atoms. The fraction of sp³-hybridized carbons (Fsp3) is 0.429. The second-order valence-electron chi connectivity index (χ2n) is 6.81. The zero-order valence-electron chi connectivity index (χ0n) is 15.6. The third-order valence-electron chi connectivity index (χ3n) is 4.86. The molecule has 7 heteroatoms. The van der Waals surface area contributed by atoms with E-state index in [2.05, 4.69) is 6.07 Å². The third kappa shape index (κ3) is 4.81. The molecule has 0 radical (unpaired) electrons. The van der Waals surface area contributed by atoms with E-state index in [4.69, 9.17) is 14.2 Å². The van der Waals surface area contributed by atoms with Gasteiger partial charge in [-0.25, -0.2) is 0 Å². The molecule has 3 rings (SSSR count). The van der Waals surface area contributed by atoms with Crippen molar-refractivity contribution in [2.45, 2.75) is 43.5 Å². The van der Waals surface area contributed by atoms with E-state index < -0.39 is 37.3 Å². The van der Waals surface area contributed by atoms with Gasteiger partial charge in [0, 0.05) is 0 Å². The van der Waals surface area contributed by atoms with Crippen molar-refractivity contribution >= 4 is 0 Å². The fourth-order valence-corrected chi connectivity index (χ4v) is 3.15. The highest BCUT2D eigenvalue weighted by atomic mass is 16.7. The Morgan fingerprint density at radius 2 is 1.57 bits per heavy atom. The van der Waals surface area contributed by atoms with Crippen molar-refractivity contribution < 1.29 is 34.6 Å². The van der Waals surface area contributed by atoms with Gasteiger partial charge in [-0.2, -0.15) is 0 Å². The van der Waals surface area contributed by atoms with Gasteiger partial charge in [0.25, 0.3) is 0 Å². The van der Waals surface area contributed by atoms with Crippen molar-refractivity contribution in [3.05, 3.63) is 59.7 Å². The van der Waals surface area contributed by atoms with Crippen molar-refractivity contribution in [3.8, 4) is 11.5 Å². The summed E-state index contributed by atoms with van der Waals surface area (Å²) in [5, 5.41) is 38.9. The Morgan fingerprint density at radius 1 is 0.857 bits per heavy atom. The molecule has 0 unspecified atom stereocenters. The molecular weight excluding hydrogens is 364 g/mol. The summed E-state index contributed by atoms with van der Waals surface area (Å²) in [6, 6.07) is 15.3. The molecule has 0 aliphatic carbocycles. The van der Waals surface area contributed by atoms with Gasteiger partial charge in [0.05, 0.1) is 13.7 Å². The number of benzene rings is 2. The number of ether oxygens (including phenoxy) is 3. The molecule has 1 aliphatic rings. The van der Waals surface area contributed by atoms with E-state index >= 15 is 0 Å². The zero-order valence-corrected chi connectivity index (χ0v) is 15.6. The molecule has 28 heavy (non-hydrogen) atoms. The van der Waals surface area contributed by atoms with Crippen LogP contribution in [0.4, 0.5) is 0 Å². The molecule has 5 atom stereocenters. The Morgan fingerprint density at radius 3 is 2.25 bits per heavy atom. The minimum absolute atomic E-state index is 0.453. The summed E-state index contributed by atoms with van der Waals surface area (Å²) in [6.07, 6.45) is -4.76. The van der Waals surface area contributed by atoms with Crippen molar-refractivity contribution in [2.24, 2.45) is 0 Å². The first kappa shape index (κ1) is 20.6. The SMILES string of the molecule is COc1cccc(CCc2ccc(O[C@@H]3O[C@H](CO)[C@@H](O)[C@H](O)[C@H]3O)cc2)c1. The van der Waals surface area contributed by atoms with Crippen LogP contribution in [0, 0.1) is 0 Å². The molecule has 4 N–H and O–H groups in total. The number of rotatable bonds is 7. The molecule has 7 nitrogen and oxygen atoms in total. The van der Waals surface area contributed by atoms with Gasteiger partial charge in [-0.15, -0.1) is 0 Å². The average Bonchev–Trinajstić information content (AvgIpc) is 2.73. The molecule has 1 saturated heterocycles. The zero-order chi connectivity index (χ0) is 20.1. The predicted molar refractivity (Wildman–Crippen MR) is 101 cm³/mol. The lowest BCUT2D eigenvalue weighted by molar-refractivity contribution is -0.277. The maximum Gasteiger partial charge on any atom is 0.229 e. The van der Waals surface area contributed by atoms with Crippen LogP contribution in [0.2, 0.25) is 0 Å². The highest BCUT2D eigenvalue weighted by Gasteiger charge is 2.44.